The lowest BCUT2D eigenvalue weighted by molar-refractivity contribution is 0.282. The van der Waals surface area contributed by atoms with Gasteiger partial charge in [-0.1, -0.05) is 36.4 Å². The summed E-state index contributed by atoms with van der Waals surface area (Å²) in [5.41, 5.74) is 2.68. The van der Waals surface area contributed by atoms with Gasteiger partial charge in [-0.05, 0) is 28.8 Å². The van der Waals surface area contributed by atoms with Crippen LogP contribution in [0.2, 0.25) is 0 Å². The molecule has 4 heteroatoms. The average Bonchev–Trinajstić information content (AvgIpc) is 2.60. The van der Waals surface area contributed by atoms with Crippen molar-refractivity contribution in [2.24, 2.45) is 0 Å². The topological polar surface area (TPSA) is 57.6 Å². The number of benzene rings is 2. The van der Waals surface area contributed by atoms with Crippen LogP contribution in [0.1, 0.15) is 16.7 Å². The van der Waals surface area contributed by atoms with Crippen molar-refractivity contribution < 1.29 is 9.84 Å². The second-order valence-electron chi connectivity index (χ2n) is 4.53. The van der Waals surface area contributed by atoms with E-state index >= 15 is 0 Å². The van der Waals surface area contributed by atoms with Gasteiger partial charge in [0.2, 0.25) is 5.70 Å². The molecule has 0 aromatic heterocycles. The molecule has 0 bridgehead atoms. The molecule has 0 spiro atoms. The number of allylic oxidation sites excluding steroid dienone is 1. The molecule has 1 N–H and O–H groups in total. The molecule has 2 rings (SSSR count). The lowest BCUT2D eigenvalue weighted by Gasteiger charge is -2.06. The molecule has 2 aromatic carbocycles. The summed E-state index contributed by atoms with van der Waals surface area (Å²) in [5.74, 6) is 0.693. The Labute approximate surface area is 129 Å². The summed E-state index contributed by atoms with van der Waals surface area (Å²) in [5, 5.41) is 18.5. The van der Waals surface area contributed by atoms with Gasteiger partial charge in [0.1, 0.15) is 5.75 Å². The van der Waals surface area contributed by atoms with Crippen LogP contribution >= 0.6 is 0 Å². The summed E-state index contributed by atoms with van der Waals surface area (Å²) in [7, 11) is 1.57. The zero-order chi connectivity index (χ0) is 15.9. The highest BCUT2D eigenvalue weighted by Crippen LogP contribution is 2.28. The van der Waals surface area contributed by atoms with E-state index in [4.69, 9.17) is 16.4 Å². The summed E-state index contributed by atoms with van der Waals surface area (Å²) in [4.78, 5) is 3.52. The van der Waals surface area contributed by atoms with Crippen LogP contribution < -0.4 is 4.74 Å². The van der Waals surface area contributed by atoms with Crippen LogP contribution in [0.15, 0.2) is 48.5 Å². The molecule has 108 valence electrons. The largest absolute Gasteiger partial charge is 0.497 e. The third-order valence-corrected chi connectivity index (χ3v) is 3.25. The van der Waals surface area contributed by atoms with Crippen molar-refractivity contribution >= 4 is 11.3 Å². The van der Waals surface area contributed by atoms with Gasteiger partial charge in [0.15, 0.2) is 0 Å². The van der Waals surface area contributed by atoms with Gasteiger partial charge in [0.25, 0.3) is 0 Å². The molecule has 4 nitrogen and oxygen atoms in total. The van der Waals surface area contributed by atoms with Crippen LogP contribution in [-0.4, -0.2) is 12.2 Å². The summed E-state index contributed by atoms with van der Waals surface area (Å²) in [6, 6.07) is 16.1. The van der Waals surface area contributed by atoms with Gasteiger partial charge in [-0.15, -0.1) is 0 Å². The Hall–Kier alpha value is -3.08. The Bertz CT molecular complexity index is 693. The monoisotopic (exact) mass is 290 g/mol. The fourth-order valence-corrected chi connectivity index (χ4v) is 2.04. The van der Waals surface area contributed by atoms with Crippen molar-refractivity contribution in [2.45, 2.75) is 6.61 Å². The quantitative estimate of drug-likeness (QED) is 0.532. The molecule has 0 aliphatic carbocycles. The molecule has 0 radical (unpaired) electrons. The van der Waals surface area contributed by atoms with Crippen LogP contribution in [0.25, 0.3) is 16.1 Å². The predicted octanol–water partition coefficient (Wildman–Crippen LogP) is 3.50. The fraction of sp³-hybridized carbons (Fsp3) is 0.111. The summed E-state index contributed by atoms with van der Waals surface area (Å²) >= 11 is 0. The van der Waals surface area contributed by atoms with Gasteiger partial charge < -0.3 is 9.84 Å². The standard InChI is InChI=1S/C18H14N2O2/c1-20-18(15-7-9-16(22-2)10-8-15)17(11-19)14-5-3-13(12-21)4-6-14/h3-10,21H,12H2,2H3. The van der Waals surface area contributed by atoms with Crippen molar-refractivity contribution in [3.05, 3.63) is 76.6 Å². The summed E-state index contributed by atoms with van der Waals surface area (Å²) < 4.78 is 5.10. The average molecular weight is 290 g/mol. The van der Waals surface area contributed by atoms with Gasteiger partial charge in [0.05, 0.1) is 31.9 Å². The summed E-state index contributed by atoms with van der Waals surface area (Å²) in [6.07, 6.45) is 0. The summed E-state index contributed by atoms with van der Waals surface area (Å²) in [6.45, 7) is 7.35. The van der Waals surface area contributed by atoms with E-state index in [2.05, 4.69) is 10.9 Å². The predicted molar refractivity (Wildman–Crippen MR) is 84.4 cm³/mol. The molecule has 22 heavy (non-hydrogen) atoms. The van der Waals surface area contributed by atoms with E-state index in [-0.39, 0.29) is 6.61 Å². The van der Waals surface area contributed by atoms with E-state index in [0.717, 1.165) is 5.56 Å². The van der Waals surface area contributed by atoms with Crippen LogP contribution in [0.5, 0.6) is 5.75 Å². The van der Waals surface area contributed by atoms with E-state index in [1.165, 1.54) is 0 Å². The molecule has 0 heterocycles. The number of hydrogen-bond acceptors (Lipinski definition) is 3. The maximum absolute atomic E-state index is 9.44. The number of aliphatic hydroxyl groups excluding tert-OH is 1. The highest BCUT2D eigenvalue weighted by molar-refractivity contribution is 5.99. The number of nitriles is 1. The van der Waals surface area contributed by atoms with E-state index in [0.29, 0.717) is 28.1 Å². The SMILES string of the molecule is [C-]#[N+]C(=C(C#N)c1ccc(CO)cc1)c1ccc(OC)cc1. The smallest absolute Gasteiger partial charge is 0.212 e. The molecule has 0 aliphatic heterocycles. The molecule has 0 fully saturated rings. The Morgan fingerprint density at radius 2 is 1.73 bits per heavy atom. The number of hydrogen-bond donors (Lipinski definition) is 1. The molecule has 0 saturated carbocycles. The third-order valence-electron chi connectivity index (χ3n) is 3.25. The maximum atomic E-state index is 9.44. The molecule has 0 unspecified atom stereocenters. The van der Waals surface area contributed by atoms with Crippen molar-refractivity contribution in [1.29, 1.82) is 5.26 Å². The lowest BCUT2D eigenvalue weighted by atomic mass is 9.99. The Kier molecular flexibility index (Phi) is 4.93. The van der Waals surface area contributed by atoms with Gasteiger partial charge in [-0.2, -0.15) is 5.26 Å². The first kappa shape index (κ1) is 15.3. The molecule has 0 atom stereocenters. The van der Waals surface area contributed by atoms with Gasteiger partial charge in [-0.3, -0.25) is 0 Å². The maximum Gasteiger partial charge on any atom is 0.212 e. The first-order valence-corrected chi connectivity index (χ1v) is 6.60. The number of aliphatic hydroxyl groups is 1. The Morgan fingerprint density at radius 1 is 1.14 bits per heavy atom. The van der Waals surface area contributed by atoms with Gasteiger partial charge >= 0.3 is 0 Å². The normalized spacial score (nSPS) is 11.1. The second kappa shape index (κ2) is 7.08. The minimum atomic E-state index is -0.0555. The van der Waals surface area contributed by atoms with Crippen molar-refractivity contribution in [2.75, 3.05) is 7.11 Å². The van der Waals surface area contributed by atoms with Gasteiger partial charge in [0, 0.05) is 0 Å². The van der Waals surface area contributed by atoms with Crippen LogP contribution in [0.3, 0.4) is 0 Å². The molecule has 2 aromatic rings. The number of nitrogens with zero attached hydrogens (tertiary/aromatic N) is 2. The minimum Gasteiger partial charge on any atom is -0.497 e. The highest BCUT2D eigenvalue weighted by atomic mass is 16.5. The molecule has 0 aliphatic rings. The zero-order valence-electron chi connectivity index (χ0n) is 12.1. The van der Waals surface area contributed by atoms with Crippen molar-refractivity contribution in [3.63, 3.8) is 0 Å². The Balaban J connectivity index is 2.52. The third kappa shape index (κ3) is 3.15. The van der Waals surface area contributed by atoms with E-state index < -0.39 is 0 Å². The second-order valence-corrected chi connectivity index (χ2v) is 4.53. The first-order valence-electron chi connectivity index (χ1n) is 6.60. The molecular weight excluding hydrogens is 276 g/mol. The van der Waals surface area contributed by atoms with Crippen LogP contribution in [-0.2, 0) is 6.61 Å². The highest BCUT2D eigenvalue weighted by Gasteiger charge is 2.12. The number of rotatable bonds is 4. The zero-order valence-corrected chi connectivity index (χ0v) is 12.1. The Morgan fingerprint density at radius 3 is 2.18 bits per heavy atom. The molecule has 0 amide bonds. The first-order chi connectivity index (χ1) is 10.7. The van der Waals surface area contributed by atoms with Crippen LogP contribution in [0.4, 0.5) is 0 Å². The van der Waals surface area contributed by atoms with E-state index in [1.807, 2.05) is 0 Å². The van der Waals surface area contributed by atoms with E-state index in [9.17, 15) is 5.26 Å². The number of ether oxygens (including phenoxy) is 1. The molecule has 0 saturated heterocycles. The fourth-order valence-electron chi connectivity index (χ4n) is 2.04. The van der Waals surface area contributed by atoms with Gasteiger partial charge in [-0.25, -0.2) is 4.85 Å². The number of methoxy groups -OCH3 is 1. The molecular formula is C18H14N2O2. The van der Waals surface area contributed by atoms with Crippen LogP contribution in [0, 0.1) is 17.9 Å². The lowest BCUT2D eigenvalue weighted by Crippen LogP contribution is -1.90. The minimum absolute atomic E-state index is 0.0555. The van der Waals surface area contributed by atoms with E-state index in [1.54, 1.807) is 55.6 Å². The van der Waals surface area contributed by atoms with Crippen molar-refractivity contribution in [3.8, 4) is 11.8 Å². The van der Waals surface area contributed by atoms with Crippen molar-refractivity contribution in [1.82, 2.24) is 0 Å².